The molecule has 0 fully saturated rings. The number of hydrogen-bond donors (Lipinski definition) is 2. The molecule has 3 N–H and O–H groups in total. The number of nitrogens with zero attached hydrogens (tertiary/aromatic N) is 2. The number of para-hydroxylation sites is 1. The molecule has 6 nitrogen and oxygen atoms in total. The number of carbonyl (C=O) groups is 1. The first-order valence-corrected chi connectivity index (χ1v) is 7.51. The molecule has 0 bridgehead atoms. The Morgan fingerprint density at radius 2 is 2.18 bits per heavy atom. The second kappa shape index (κ2) is 5.61. The van der Waals surface area contributed by atoms with Gasteiger partial charge in [0, 0.05) is 12.4 Å². The molecule has 1 aromatic carbocycles. The van der Waals surface area contributed by atoms with Gasteiger partial charge in [-0.1, -0.05) is 18.2 Å². The highest BCUT2D eigenvalue weighted by Crippen LogP contribution is 2.13. The molecule has 0 saturated carbocycles. The highest BCUT2D eigenvalue weighted by Gasteiger charge is 2.14. The fourth-order valence-electron chi connectivity index (χ4n) is 2.25. The zero-order valence-electron chi connectivity index (χ0n) is 11.9. The molecule has 0 radical (unpaired) electrons. The van der Waals surface area contributed by atoms with Crippen molar-refractivity contribution in [3.05, 3.63) is 57.3 Å². The van der Waals surface area contributed by atoms with Gasteiger partial charge in [-0.05, 0) is 17.5 Å². The zero-order valence-corrected chi connectivity index (χ0v) is 12.7. The Hall–Kier alpha value is -2.67. The summed E-state index contributed by atoms with van der Waals surface area (Å²) in [6, 6.07) is 9.05. The summed E-state index contributed by atoms with van der Waals surface area (Å²) in [5.41, 5.74) is 6.80. The monoisotopic (exact) mass is 314 g/mol. The Morgan fingerprint density at radius 1 is 1.41 bits per heavy atom. The minimum atomic E-state index is -0.419. The average molecular weight is 314 g/mol. The van der Waals surface area contributed by atoms with Gasteiger partial charge in [0.25, 0.3) is 11.5 Å². The van der Waals surface area contributed by atoms with Gasteiger partial charge in [-0.25, -0.2) is 4.98 Å². The van der Waals surface area contributed by atoms with E-state index in [0.717, 1.165) is 10.9 Å². The van der Waals surface area contributed by atoms with Gasteiger partial charge in [-0.3, -0.25) is 9.59 Å². The van der Waals surface area contributed by atoms with Crippen LogP contribution in [-0.4, -0.2) is 15.5 Å². The molecule has 22 heavy (non-hydrogen) atoms. The number of nitrogens with two attached hydrogens (primary N) is 1. The van der Waals surface area contributed by atoms with Gasteiger partial charge in [0.05, 0.1) is 17.8 Å². The molecule has 1 amide bonds. The van der Waals surface area contributed by atoms with E-state index in [2.05, 4.69) is 10.3 Å². The van der Waals surface area contributed by atoms with Gasteiger partial charge < -0.3 is 15.6 Å². The van der Waals surface area contributed by atoms with Gasteiger partial charge in [-0.15, -0.1) is 11.3 Å². The smallest absolute Gasteiger partial charge is 0.263 e. The minimum Gasteiger partial charge on any atom is -0.375 e. The second-order valence-corrected chi connectivity index (χ2v) is 5.73. The molecule has 0 atom stereocenters. The van der Waals surface area contributed by atoms with E-state index in [9.17, 15) is 9.59 Å². The third kappa shape index (κ3) is 2.58. The molecule has 3 aromatic rings. The van der Waals surface area contributed by atoms with E-state index >= 15 is 0 Å². The Bertz CT molecular complexity index is 913. The van der Waals surface area contributed by atoms with Gasteiger partial charge >= 0.3 is 0 Å². The van der Waals surface area contributed by atoms with E-state index < -0.39 is 5.91 Å². The lowest BCUT2D eigenvalue weighted by Crippen LogP contribution is -2.32. The normalized spacial score (nSPS) is 10.8. The predicted octanol–water partition coefficient (Wildman–Crippen LogP) is 1.51. The third-order valence-electron chi connectivity index (χ3n) is 3.38. The van der Waals surface area contributed by atoms with Crippen molar-refractivity contribution in [1.82, 2.24) is 14.9 Å². The number of hydrogen-bond acceptors (Lipinski definition) is 5. The molecule has 2 heterocycles. The number of nitrogen functional groups attached to an aromatic ring is 1. The lowest BCUT2D eigenvalue weighted by molar-refractivity contribution is 0.0948. The van der Waals surface area contributed by atoms with Gasteiger partial charge in [0.1, 0.15) is 5.56 Å². The van der Waals surface area contributed by atoms with Crippen LogP contribution in [0.25, 0.3) is 10.9 Å². The quantitative estimate of drug-likeness (QED) is 0.766. The number of thiazole rings is 1. The largest absolute Gasteiger partial charge is 0.375 e. The van der Waals surface area contributed by atoms with Crippen LogP contribution < -0.4 is 16.6 Å². The molecule has 0 aliphatic heterocycles. The SMILES string of the molecule is Cn1c(=O)c(C(=O)NCc2csc(N)n2)cc2ccccc21. The number of pyridine rings is 1. The minimum absolute atomic E-state index is 0.115. The summed E-state index contributed by atoms with van der Waals surface area (Å²) in [6.07, 6.45) is 0. The molecule has 7 heteroatoms. The van der Waals surface area contributed by atoms with E-state index in [1.54, 1.807) is 18.5 Å². The number of aryl methyl sites for hydroxylation is 1. The third-order valence-corrected chi connectivity index (χ3v) is 4.10. The first kappa shape index (κ1) is 14.3. The van der Waals surface area contributed by atoms with Gasteiger partial charge in [0.2, 0.25) is 0 Å². The first-order valence-electron chi connectivity index (χ1n) is 6.63. The van der Waals surface area contributed by atoms with Crippen molar-refractivity contribution in [3.8, 4) is 0 Å². The Morgan fingerprint density at radius 3 is 2.91 bits per heavy atom. The molecular weight excluding hydrogens is 300 g/mol. The van der Waals surface area contributed by atoms with Crippen LogP contribution in [0.3, 0.4) is 0 Å². The first-order chi connectivity index (χ1) is 10.6. The second-order valence-electron chi connectivity index (χ2n) is 4.84. The van der Waals surface area contributed by atoms with Crippen LogP contribution in [0, 0.1) is 0 Å². The summed E-state index contributed by atoms with van der Waals surface area (Å²) in [7, 11) is 1.66. The summed E-state index contributed by atoms with van der Waals surface area (Å²) in [5.74, 6) is -0.419. The van der Waals surface area contributed by atoms with Gasteiger partial charge in [0.15, 0.2) is 5.13 Å². The van der Waals surface area contributed by atoms with Crippen LogP contribution in [0.1, 0.15) is 16.1 Å². The summed E-state index contributed by atoms with van der Waals surface area (Å²) >= 11 is 1.31. The van der Waals surface area contributed by atoms with E-state index in [4.69, 9.17) is 5.73 Å². The molecular formula is C15H14N4O2S. The molecule has 0 spiro atoms. The van der Waals surface area contributed by atoms with Crippen molar-refractivity contribution in [2.45, 2.75) is 6.54 Å². The van der Waals surface area contributed by atoms with Crippen molar-refractivity contribution in [3.63, 3.8) is 0 Å². The van der Waals surface area contributed by atoms with E-state index in [1.165, 1.54) is 15.9 Å². The van der Waals surface area contributed by atoms with Crippen LogP contribution in [0.15, 0.2) is 40.5 Å². The van der Waals surface area contributed by atoms with E-state index in [0.29, 0.717) is 10.8 Å². The molecule has 0 aliphatic rings. The standard InChI is InChI=1S/C15H14N4O2S/c1-19-12-5-3-2-4-9(12)6-11(14(19)21)13(20)17-7-10-8-22-15(16)18-10/h2-6,8H,7H2,1H3,(H2,16,18)(H,17,20). The number of fused-ring (bicyclic) bond motifs is 1. The van der Waals surface area contributed by atoms with Crippen molar-refractivity contribution in [1.29, 1.82) is 0 Å². The predicted molar refractivity (Wildman–Crippen MR) is 86.9 cm³/mol. The Labute approximate surface area is 130 Å². The summed E-state index contributed by atoms with van der Waals surface area (Å²) < 4.78 is 1.48. The molecule has 0 saturated heterocycles. The average Bonchev–Trinajstić information content (AvgIpc) is 2.94. The topological polar surface area (TPSA) is 90.0 Å². The summed E-state index contributed by atoms with van der Waals surface area (Å²) in [4.78, 5) is 28.6. The van der Waals surface area contributed by atoms with Crippen LogP contribution in [-0.2, 0) is 13.6 Å². The van der Waals surface area contributed by atoms with Crippen molar-refractivity contribution >= 4 is 33.3 Å². The zero-order chi connectivity index (χ0) is 15.7. The van der Waals surface area contributed by atoms with Crippen LogP contribution >= 0.6 is 11.3 Å². The summed E-state index contributed by atoms with van der Waals surface area (Å²) in [5, 5.41) is 5.76. The summed E-state index contributed by atoms with van der Waals surface area (Å²) in [6.45, 7) is 0.239. The number of carbonyl (C=O) groups excluding carboxylic acids is 1. The Kier molecular flexibility index (Phi) is 3.64. The fraction of sp³-hybridized carbons (Fsp3) is 0.133. The fourth-order valence-corrected chi connectivity index (χ4v) is 2.82. The lowest BCUT2D eigenvalue weighted by atomic mass is 10.1. The number of aromatic nitrogens is 2. The molecule has 0 unspecified atom stereocenters. The lowest BCUT2D eigenvalue weighted by Gasteiger charge is -2.08. The van der Waals surface area contributed by atoms with Crippen LogP contribution in [0.2, 0.25) is 0 Å². The Balaban J connectivity index is 1.90. The van der Waals surface area contributed by atoms with Crippen molar-refractivity contribution in [2.75, 3.05) is 5.73 Å². The van der Waals surface area contributed by atoms with Gasteiger partial charge in [-0.2, -0.15) is 0 Å². The van der Waals surface area contributed by atoms with Crippen molar-refractivity contribution in [2.24, 2.45) is 7.05 Å². The maximum atomic E-state index is 12.3. The number of nitrogens with one attached hydrogen (secondary N) is 1. The molecule has 112 valence electrons. The highest BCUT2D eigenvalue weighted by atomic mass is 32.1. The number of amides is 1. The van der Waals surface area contributed by atoms with Crippen LogP contribution in [0.5, 0.6) is 0 Å². The maximum Gasteiger partial charge on any atom is 0.263 e. The van der Waals surface area contributed by atoms with Crippen molar-refractivity contribution < 1.29 is 4.79 Å². The number of benzene rings is 1. The maximum absolute atomic E-state index is 12.3. The van der Waals surface area contributed by atoms with E-state index in [-0.39, 0.29) is 17.7 Å². The van der Waals surface area contributed by atoms with E-state index in [1.807, 2.05) is 24.3 Å². The number of rotatable bonds is 3. The van der Waals surface area contributed by atoms with Crippen LogP contribution in [0.4, 0.5) is 5.13 Å². The number of anilines is 1. The molecule has 2 aromatic heterocycles. The molecule has 0 aliphatic carbocycles. The highest BCUT2D eigenvalue weighted by molar-refractivity contribution is 7.13. The molecule has 3 rings (SSSR count).